The highest BCUT2D eigenvalue weighted by Gasteiger charge is 2.35. The summed E-state index contributed by atoms with van der Waals surface area (Å²) in [4.78, 5) is 4.48. The summed E-state index contributed by atoms with van der Waals surface area (Å²) in [6.07, 6.45) is 0. The predicted octanol–water partition coefficient (Wildman–Crippen LogP) is 8.56. The first-order valence-corrected chi connectivity index (χ1v) is 16.0. The van der Waals surface area contributed by atoms with E-state index in [1.54, 1.807) is 0 Å². The van der Waals surface area contributed by atoms with E-state index in [-0.39, 0.29) is 6.71 Å². The zero-order chi connectivity index (χ0) is 31.7. The highest BCUT2D eigenvalue weighted by atomic mass is 15.1. The third-order valence-corrected chi connectivity index (χ3v) is 8.50. The first-order valence-electron chi connectivity index (χ1n) is 16.0. The summed E-state index contributed by atoms with van der Waals surface area (Å²) in [6.45, 7) is 6.76. The molecule has 0 radical (unpaired) electrons. The molecule has 0 bridgehead atoms. The zero-order valence-electron chi connectivity index (χ0n) is 27.7. The van der Waals surface area contributed by atoms with E-state index >= 15 is 0 Å². The molecule has 0 saturated carbocycles. The molecule has 8 rings (SSSR count). The topological polar surface area (TPSA) is 6.48 Å². The quantitative estimate of drug-likeness (QED) is 0.151. The number of fused-ring (bicyclic) bond motifs is 4. The maximum atomic E-state index is 2.46. The van der Waals surface area contributed by atoms with E-state index in [9.17, 15) is 0 Å². The van der Waals surface area contributed by atoms with Gasteiger partial charge in [0.1, 0.15) is 0 Å². The van der Waals surface area contributed by atoms with E-state index in [1.165, 1.54) is 71.2 Å². The summed E-state index contributed by atoms with van der Waals surface area (Å²) in [7, 11) is 8.57. The highest BCUT2D eigenvalue weighted by molar-refractivity contribution is 6.99. The molecule has 0 unspecified atom stereocenters. The molecule has 224 valence electrons. The fourth-order valence-corrected chi connectivity index (χ4v) is 6.76. The number of benzene rings is 7. The molecule has 1 aliphatic rings. The summed E-state index contributed by atoms with van der Waals surface area (Å²) >= 11 is 0. The molecule has 0 amide bonds. The van der Waals surface area contributed by atoms with Gasteiger partial charge in [0, 0.05) is 55.7 Å². The smallest absolute Gasteiger partial charge is 0.242 e. The van der Waals surface area contributed by atoms with Crippen LogP contribution in [0.25, 0.3) is 43.4 Å². The molecule has 1 aliphatic heterocycles. The SMILES string of the molecule is CC(C)C.CN(C)c1cc(N(C)C)c2ccc3c4c(cc5ccc1c2c53)B(c1ccccc1)c1ccccc1-4.c1ccccc1. The van der Waals surface area contributed by atoms with Gasteiger partial charge in [-0.1, -0.05) is 158 Å². The van der Waals surface area contributed by atoms with Crippen molar-refractivity contribution in [1.82, 2.24) is 0 Å². The van der Waals surface area contributed by atoms with Gasteiger partial charge in [0.05, 0.1) is 0 Å². The van der Waals surface area contributed by atoms with Crippen LogP contribution in [-0.4, -0.2) is 34.9 Å². The number of anilines is 2. The van der Waals surface area contributed by atoms with Crippen molar-refractivity contribution in [3.05, 3.63) is 127 Å². The maximum Gasteiger partial charge on any atom is 0.242 e. The molecule has 7 aromatic rings. The lowest BCUT2D eigenvalue weighted by atomic mass is 9.39. The second-order valence-corrected chi connectivity index (χ2v) is 13.1. The average Bonchev–Trinajstić information content (AvgIpc) is 3.38. The van der Waals surface area contributed by atoms with Crippen molar-refractivity contribution in [2.24, 2.45) is 5.92 Å². The summed E-state index contributed by atoms with van der Waals surface area (Å²) in [5.41, 5.74) is 9.48. The summed E-state index contributed by atoms with van der Waals surface area (Å²) in [5, 5.41) is 8.08. The van der Waals surface area contributed by atoms with Crippen LogP contribution in [-0.2, 0) is 0 Å². The molecule has 3 heteroatoms. The maximum absolute atomic E-state index is 2.46. The van der Waals surface area contributed by atoms with Crippen LogP contribution in [0.2, 0.25) is 0 Å². The van der Waals surface area contributed by atoms with Gasteiger partial charge in [-0.05, 0) is 39.3 Å². The molecule has 0 fully saturated rings. The predicted molar refractivity (Wildman–Crippen MR) is 202 cm³/mol. The van der Waals surface area contributed by atoms with Gasteiger partial charge in [-0.25, -0.2) is 0 Å². The van der Waals surface area contributed by atoms with Crippen LogP contribution >= 0.6 is 0 Å². The Morgan fingerprint density at radius 3 is 1.56 bits per heavy atom. The summed E-state index contributed by atoms with van der Waals surface area (Å²) < 4.78 is 0. The largest absolute Gasteiger partial charge is 0.377 e. The van der Waals surface area contributed by atoms with E-state index in [1.807, 2.05) is 36.4 Å². The van der Waals surface area contributed by atoms with Crippen LogP contribution in [0, 0.1) is 5.92 Å². The van der Waals surface area contributed by atoms with Crippen LogP contribution in [0.4, 0.5) is 11.4 Å². The van der Waals surface area contributed by atoms with Crippen molar-refractivity contribution in [3.8, 4) is 11.1 Å². The van der Waals surface area contributed by atoms with Crippen LogP contribution in [0.3, 0.4) is 0 Å². The van der Waals surface area contributed by atoms with Gasteiger partial charge < -0.3 is 9.80 Å². The fraction of sp³-hybridized carbons (Fsp3) is 0.190. The van der Waals surface area contributed by atoms with Crippen LogP contribution in [0.5, 0.6) is 0 Å². The molecule has 1 heterocycles. The van der Waals surface area contributed by atoms with E-state index in [0.717, 1.165) is 5.92 Å². The number of hydrogen-bond donors (Lipinski definition) is 0. The molecular weight excluding hydrogens is 543 g/mol. The molecular formula is C42H43BN2. The third kappa shape index (κ3) is 5.64. The second-order valence-electron chi connectivity index (χ2n) is 13.1. The van der Waals surface area contributed by atoms with Crippen molar-refractivity contribution in [3.63, 3.8) is 0 Å². The highest BCUT2D eigenvalue weighted by Crippen LogP contribution is 2.45. The van der Waals surface area contributed by atoms with Crippen molar-refractivity contribution < 1.29 is 0 Å². The number of rotatable bonds is 3. The van der Waals surface area contributed by atoms with Crippen molar-refractivity contribution in [1.29, 1.82) is 0 Å². The Balaban J connectivity index is 0.000000309. The molecule has 0 aromatic heterocycles. The Kier molecular flexibility index (Phi) is 8.54. The van der Waals surface area contributed by atoms with Crippen LogP contribution in [0.1, 0.15) is 20.8 Å². The van der Waals surface area contributed by atoms with Gasteiger partial charge in [0.15, 0.2) is 0 Å². The van der Waals surface area contributed by atoms with Crippen LogP contribution < -0.4 is 26.2 Å². The Morgan fingerprint density at radius 2 is 0.978 bits per heavy atom. The zero-order valence-corrected chi connectivity index (χ0v) is 27.7. The Labute approximate surface area is 269 Å². The Bertz CT molecular complexity index is 1990. The Hall–Kier alpha value is -4.76. The minimum atomic E-state index is 0.263. The molecule has 0 spiro atoms. The molecule has 2 nitrogen and oxygen atoms in total. The van der Waals surface area contributed by atoms with Gasteiger partial charge >= 0.3 is 0 Å². The standard InChI is InChI=1S/C32H27BN2.C6H6.C4H10/c1-34(2)28-19-29(35(3)4)24-16-17-25-30-20(14-15-23(28)32(24)30)18-27-31(25)22-12-8-9-13-26(22)33(27)21-10-6-5-7-11-21;1-2-4-6-5-3-1;1-4(2)3/h5-19H,1-4H3;1-6H;4H,1-3H3. The number of nitrogens with zero attached hydrogens (tertiary/aromatic N) is 2. The first-order chi connectivity index (χ1) is 21.8. The first kappa shape index (κ1) is 30.3. The molecule has 0 aliphatic carbocycles. The fourth-order valence-electron chi connectivity index (χ4n) is 6.76. The summed E-state index contributed by atoms with van der Waals surface area (Å²) in [6, 6.07) is 46.1. The summed E-state index contributed by atoms with van der Waals surface area (Å²) in [5.74, 6) is 0.833. The van der Waals surface area contributed by atoms with Gasteiger partial charge in [0.2, 0.25) is 6.71 Å². The monoisotopic (exact) mass is 586 g/mol. The number of hydrogen-bond acceptors (Lipinski definition) is 2. The van der Waals surface area contributed by atoms with Crippen molar-refractivity contribution >= 4 is 66.8 Å². The minimum Gasteiger partial charge on any atom is -0.377 e. The third-order valence-electron chi connectivity index (χ3n) is 8.50. The van der Waals surface area contributed by atoms with Gasteiger partial charge in [-0.15, -0.1) is 0 Å². The molecule has 0 saturated heterocycles. The average molecular weight is 587 g/mol. The Morgan fingerprint density at radius 1 is 0.489 bits per heavy atom. The molecule has 7 aromatic carbocycles. The molecule has 45 heavy (non-hydrogen) atoms. The normalized spacial score (nSPS) is 11.6. The lowest BCUT2D eigenvalue weighted by Crippen LogP contribution is -2.48. The van der Waals surface area contributed by atoms with Gasteiger partial charge in [-0.2, -0.15) is 0 Å². The van der Waals surface area contributed by atoms with E-state index < -0.39 is 0 Å². The second kappa shape index (κ2) is 12.7. The molecule has 0 N–H and O–H groups in total. The van der Waals surface area contributed by atoms with Gasteiger partial charge in [0.25, 0.3) is 0 Å². The molecule has 0 atom stereocenters. The van der Waals surface area contributed by atoms with Crippen LogP contribution in [0.15, 0.2) is 127 Å². The minimum absolute atomic E-state index is 0.263. The van der Waals surface area contributed by atoms with Gasteiger partial charge in [-0.3, -0.25) is 0 Å². The van der Waals surface area contributed by atoms with Crippen molar-refractivity contribution in [2.45, 2.75) is 20.8 Å². The van der Waals surface area contributed by atoms with E-state index in [0.29, 0.717) is 0 Å². The lowest BCUT2D eigenvalue weighted by molar-refractivity contribution is 0.737. The van der Waals surface area contributed by atoms with Crippen molar-refractivity contribution in [2.75, 3.05) is 38.0 Å². The van der Waals surface area contributed by atoms with E-state index in [2.05, 4.69) is 150 Å². The van der Waals surface area contributed by atoms with E-state index in [4.69, 9.17) is 0 Å². The lowest BCUT2D eigenvalue weighted by Gasteiger charge is -2.25.